The fourth-order valence-corrected chi connectivity index (χ4v) is 1.70. The lowest BCUT2D eigenvalue weighted by Crippen LogP contribution is -2.29. The molecule has 1 atom stereocenters. The molecule has 1 aromatic rings. The second kappa shape index (κ2) is 6.25. The van der Waals surface area contributed by atoms with Crippen LogP contribution in [0.1, 0.15) is 31.4 Å². The predicted octanol–water partition coefficient (Wildman–Crippen LogP) is 2.01. The number of benzene rings is 1. The molecule has 4 heteroatoms. The van der Waals surface area contributed by atoms with Crippen LogP contribution in [0.2, 0.25) is 0 Å². The van der Waals surface area contributed by atoms with E-state index < -0.39 is 0 Å². The van der Waals surface area contributed by atoms with Crippen LogP contribution in [0.5, 0.6) is 0 Å². The highest BCUT2D eigenvalue weighted by atomic mass is 16.4. The maximum Gasteiger partial charge on any atom is 0.170 e. The summed E-state index contributed by atoms with van der Waals surface area (Å²) in [5.74, 6) is 0.165. The molecule has 1 rings (SSSR count). The molecular weight excluding hydrogens is 214 g/mol. The predicted molar refractivity (Wildman–Crippen MR) is 70.2 cm³/mol. The first-order valence-corrected chi connectivity index (χ1v) is 5.86. The lowest BCUT2D eigenvalue weighted by Gasteiger charge is -2.24. The van der Waals surface area contributed by atoms with Gasteiger partial charge in [-0.15, -0.1) is 0 Å². The zero-order valence-corrected chi connectivity index (χ0v) is 10.7. The quantitative estimate of drug-likeness (QED) is 0.355. The maximum absolute atomic E-state index is 8.75. The zero-order chi connectivity index (χ0) is 12.8. The Bertz CT molecular complexity index is 390. The minimum absolute atomic E-state index is 0.165. The zero-order valence-electron chi connectivity index (χ0n) is 10.7. The second-order valence-electron chi connectivity index (χ2n) is 4.31. The van der Waals surface area contributed by atoms with Crippen molar-refractivity contribution in [3.05, 3.63) is 35.4 Å². The fraction of sp³-hybridized carbons (Fsp3) is 0.462. The van der Waals surface area contributed by atoms with E-state index in [4.69, 9.17) is 10.9 Å². The molecule has 0 amide bonds. The van der Waals surface area contributed by atoms with E-state index >= 15 is 0 Å². The van der Waals surface area contributed by atoms with Crippen molar-refractivity contribution >= 4 is 5.84 Å². The molecule has 94 valence electrons. The van der Waals surface area contributed by atoms with Crippen LogP contribution in [0.15, 0.2) is 29.4 Å². The summed E-state index contributed by atoms with van der Waals surface area (Å²) in [7, 11) is 2.08. The second-order valence-corrected chi connectivity index (χ2v) is 4.31. The number of nitrogens with two attached hydrogens (primary N) is 1. The topological polar surface area (TPSA) is 61.8 Å². The third kappa shape index (κ3) is 3.46. The van der Waals surface area contributed by atoms with E-state index in [1.54, 1.807) is 0 Å². The SMILES string of the molecule is CCC(C)N(C)Cc1ccccc1/C(N)=N/O. The molecule has 0 aliphatic heterocycles. The van der Waals surface area contributed by atoms with Crippen molar-refractivity contribution in [2.24, 2.45) is 10.9 Å². The number of oxime groups is 1. The highest BCUT2D eigenvalue weighted by Crippen LogP contribution is 2.13. The van der Waals surface area contributed by atoms with Gasteiger partial charge in [0.1, 0.15) is 0 Å². The number of hydrogen-bond donors (Lipinski definition) is 2. The van der Waals surface area contributed by atoms with Crippen molar-refractivity contribution in [3.8, 4) is 0 Å². The van der Waals surface area contributed by atoms with Gasteiger partial charge < -0.3 is 10.9 Å². The molecule has 0 bridgehead atoms. The molecule has 0 saturated carbocycles. The fourth-order valence-electron chi connectivity index (χ4n) is 1.70. The minimum Gasteiger partial charge on any atom is -0.409 e. The Morgan fingerprint density at radius 3 is 2.71 bits per heavy atom. The van der Waals surface area contributed by atoms with Crippen molar-refractivity contribution in [1.29, 1.82) is 0 Å². The summed E-state index contributed by atoms with van der Waals surface area (Å²) in [6.45, 7) is 5.14. The standard InChI is InChI=1S/C13H21N3O/c1-4-10(2)16(3)9-11-7-5-6-8-12(11)13(14)15-17/h5-8,10,17H,4,9H2,1-3H3,(H2,14,15). The van der Waals surface area contributed by atoms with Gasteiger partial charge in [0.2, 0.25) is 0 Å². The summed E-state index contributed by atoms with van der Waals surface area (Å²) in [5, 5.41) is 11.8. The Morgan fingerprint density at radius 1 is 1.47 bits per heavy atom. The van der Waals surface area contributed by atoms with Crippen LogP contribution in [0.3, 0.4) is 0 Å². The summed E-state index contributed by atoms with van der Waals surface area (Å²) in [4.78, 5) is 2.25. The van der Waals surface area contributed by atoms with Gasteiger partial charge in [-0.3, -0.25) is 4.90 Å². The lowest BCUT2D eigenvalue weighted by molar-refractivity contribution is 0.243. The third-order valence-corrected chi connectivity index (χ3v) is 3.16. The van der Waals surface area contributed by atoms with Crippen LogP contribution in [0.25, 0.3) is 0 Å². The van der Waals surface area contributed by atoms with Crippen molar-refractivity contribution in [1.82, 2.24) is 4.90 Å². The molecule has 17 heavy (non-hydrogen) atoms. The number of nitrogens with zero attached hydrogens (tertiary/aromatic N) is 2. The molecule has 0 spiro atoms. The smallest absolute Gasteiger partial charge is 0.170 e. The van der Waals surface area contributed by atoms with Crippen LogP contribution >= 0.6 is 0 Å². The largest absolute Gasteiger partial charge is 0.409 e. The van der Waals surface area contributed by atoms with Gasteiger partial charge in [-0.2, -0.15) is 0 Å². The first kappa shape index (κ1) is 13.5. The summed E-state index contributed by atoms with van der Waals surface area (Å²) >= 11 is 0. The molecule has 0 heterocycles. The molecule has 4 nitrogen and oxygen atoms in total. The van der Waals surface area contributed by atoms with Crippen LogP contribution < -0.4 is 5.73 Å². The average molecular weight is 235 g/mol. The van der Waals surface area contributed by atoms with E-state index in [-0.39, 0.29) is 5.84 Å². The van der Waals surface area contributed by atoms with Gasteiger partial charge in [-0.1, -0.05) is 36.3 Å². The van der Waals surface area contributed by atoms with Gasteiger partial charge in [0.15, 0.2) is 5.84 Å². The number of rotatable bonds is 5. The molecule has 0 aliphatic rings. The minimum atomic E-state index is 0.165. The van der Waals surface area contributed by atoms with Crippen molar-refractivity contribution in [3.63, 3.8) is 0 Å². The monoisotopic (exact) mass is 235 g/mol. The van der Waals surface area contributed by atoms with E-state index in [1.807, 2.05) is 24.3 Å². The van der Waals surface area contributed by atoms with E-state index in [2.05, 4.69) is 31.0 Å². The number of amidine groups is 1. The third-order valence-electron chi connectivity index (χ3n) is 3.16. The van der Waals surface area contributed by atoms with Gasteiger partial charge in [0, 0.05) is 18.2 Å². The Kier molecular flexibility index (Phi) is 4.97. The Hall–Kier alpha value is -1.55. The van der Waals surface area contributed by atoms with Gasteiger partial charge in [0.05, 0.1) is 0 Å². The molecule has 0 radical (unpaired) electrons. The maximum atomic E-state index is 8.75. The van der Waals surface area contributed by atoms with Crippen molar-refractivity contribution < 1.29 is 5.21 Å². The van der Waals surface area contributed by atoms with Crippen molar-refractivity contribution in [2.45, 2.75) is 32.9 Å². The van der Waals surface area contributed by atoms with E-state index in [1.165, 1.54) is 0 Å². The molecule has 0 aliphatic carbocycles. The lowest BCUT2D eigenvalue weighted by atomic mass is 10.1. The molecule has 0 saturated heterocycles. The van der Waals surface area contributed by atoms with Gasteiger partial charge >= 0.3 is 0 Å². The number of hydrogen-bond acceptors (Lipinski definition) is 3. The van der Waals surface area contributed by atoms with E-state index in [0.29, 0.717) is 6.04 Å². The summed E-state index contributed by atoms with van der Waals surface area (Å²) in [6, 6.07) is 8.24. The Balaban J connectivity index is 2.91. The first-order valence-electron chi connectivity index (χ1n) is 5.86. The van der Waals surface area contributed by atoms with E-state index in [0.717, 1.165) is 24.1 Å². The van der Waals surface area contributed by atoms with Crippen LogP contribution in [0, 0.1) is 0 Å². The van der Waals surface area contributed by atoms with Crippen LogP contribution in [-0.2, 0) is 6.54 Å². The summed E-state index contributed by atoms with van der Waals surface area (Å²) in [6.07, 6.45) is 1.10. The van der Waals surface area contributed by atoms with E-state index in [9.17, 15) is 0 Å². The van der Waals surface area contributed by atoms with Gasteiger partial charge in [-0.25, -0.2) is 0 Å². The average Bonchev–Trinajstić information content (AvgIpc) is 2.37. The van der Waals surface area contributed by atoms with Crippen LogP contribution in [-0.4, -0.2) is 29.0 Å². The molecule has 0 aromatic heterocycles. The van der Waals surface area contributed by atoms with Crippen LogP contribution in [0.4, 0.5) is 0 Å². The highest BCUT2D eigenvalue weighted by molar-refractivity contribution is 5.98. The molecule has 1 unspecified atom stereocenters. The molecule has 3 N–H and O–H groups in total. The normalized spacial score (nSPS) is 14.0. The first-order chi connectivity index (χ1) is 8.10. The molecule has 1 aromatic carbocycles. The molecular formula is C13H21N3O. The molecule has 0 fully saturated rings. The Labute approximate surface area is 103 Å². The highest BCUT2D eigenvalue weighted by Gasteiger charge is 2.11. The summed E-state index contributed by atoms with van der Waals surface area (Å²) in [5.41, 5.74) is 7.53. The summed E-state index contributed by atoms with van der Waals surface area (Å²) < 4.78 is 0. The van der Waals surface area contributed by atoms with Gasteiger partial charge in [0.25, 0.3) is 0 Å². The Morgan fingerprint density at radius 2 is 2.12 bits per heavy atom. The van der Waals surface area contributed by atoms with Gasteiger partial charge in [-0.05, 0) is 26.0 Å². The van der Waals surface area contributed by atoms with Crippen molar-refractivity contribution in [2.75, 3.05) is 7.05 Å².